The van der Waals surface area contributed by atoms with Gasteiger partial charge in [-0.1, -0.05) is 0 Å². The Bertz CT molecular complexity index is 651. The highest BCUT2D eigenvalue weighted by Gasteiger charge is 2.29. The number of rotatable bonds is 3. The van der Waals surface area contributed by atoms with Crippen LogP contribution in [0.5, 0.6) is 0 Å². The van der Waals surface area contributed by atoms with Crippen molar-refractivity contribution in [1.82, 2.24) is 4.98 Å². The van der Waals surface area contributed by atoms with Crippen molar-refractivity contribution in [2.75, 3.05) is 30.8 Å². The van der Waals surface area contributed by atoms with Crippen LogP contribution in [-0.2, 0) is 4.74 Å². The van der Waals surface area contributed by atoms with Gasteiger partial charge in [-0.2, -0.15) is 0 Å². The lowest BCUT2D eigenvalue weighted by atomic mass is 9.94. The zero-order valence-corrected chi connectivity index (χ0v) is 12.2. The predicted octanol–water partition coefficient (Wildman–Crippen LogP) is 2.08. The van der Waals surface area contributed by atoms with Gasteiger partial charge in [0.25, 0.3) is 0 Å². The highest BCUT2D eigenvalue weighted by molar-refractivity contribution is 5.93. The van der Waals surface area contributed by atoms with Crippen LogP contribution in [0.2, 0.25) is 0 Å². The smallest absolute Gasteiger partial charge is 0.0863 e. The van der Waals surface area contributed by atoms with Crippen molar-refractivity contribution in [3.05, 3.63) is 30.0 Å². The highest BCUT2D eigenvalue weighted by Crippen LogP contribution is 2.27. The van der Waals surface area contributed by atoms with E-state index in [1.165, 1.54) is 0 Å². The first-order valence-electron chi connectivity index (χ1n) is 7.27. The summed E-state index contributed by atoms with van der Waals surface area (Å²) < 4.78 is 5.31. The van der Waals surface area contributed by atoms with Gasteiger partial charge in [-0.3, -0.25) is 4.98 Å². The maximum Gasteiger partial charge on any atom is 0.0863 e. The van der Waals surface area contributed by atoms with Gasteiger partial charge in [0.15, 0.2) is 0 Å². The number of benzene rings is 1. The van der Waals surface area contributed by atoms with E-state index in [4.69, 9.17) is 10.5 Å². The second-order valence-electron chi connectivity index (χ2n) is 5.78. The minimum atomic E-state index is -0.706. The summed E-state index contributed by atoms with van der Waals surface area (Å²) in [5.41, 5.74) is 8.69. The zero-order valence-electron chi connectivity index (χ0n) is 12.2. The van der Waals surface area contributed by atoms with Crippen LogP contribution in [0.3, 0.4) is 0 Å². The topological polar surface area (TPSA) is 80.4 Å². The van der Waals surface area contributed by atoms with Crippen molar-refractivity contribution >= 4 is 22.3 Å². The number of ether oxygens (including phenoxy) is 1. The lowest BCUT2D eigenvalue weighted by molar-refractivity contribution is -0.0543. The number of pyridine rings is 1. The summed E-state index contributed by atoms with van der Waals surface area (Å²) in [6.07, 6.45) is 1.31. The first-order valence-corrected chi connectivity index (χ1v) is 7.27. The minimum absolute atomic E-state index is 0.504. The fourth-order valence-corrected chi connectivity index (χ4v) is 2.71. The third kappa shape index (κ3) is 3.09. The lowest BCUT2D eigenvalue weighted by Gasteiger charge is -2.32. The maximum atomic E-state index is 10.5. The van der Waals surface area contributed by atoms with Crippen molar-refractivity contribution in [2.45, 2.75) is 25.4 Å². The molecular formula is C16H21N3O2. The van der Waals surface area contributed by atoms with E-state index in [0.717, 1.165) is 22.3 Å². The second kappa shape index (κ2) is 5.50. The van der Waals surface area contributed by atoms with Gasteiger partial charge < -0.3 is 20.9 Å². The summed E-state index contributed by atoms with van der Waals surface area (Å²) in [6, 6.07) is 7.68. The fraction of sp³-hybridized carbons (Fsp3) is 0.438. The Kier molecular flexibility index (Phi) is 3.69. The molecule has 21 heavy (non-hydrogen) atoms. The molecule has 5 heteroatoms. The molecule has 1 fully saturated rings. The maximum absolute atomic E-state index is 10.5. The van der Waals surface area contributed by atoms with E-state index in [-0.39, 0.29) is 0 Å². The van der Waals surface area contributed by atoms with Crippen molar-refractivity contribution < 1.29 is 9.84 Å². The van der Waals surface area contributed by atoms with E-state index in [1.54, 1.807) is 0 Å². The summed E-state index contributed by atoms with van der Waals surface area (Å²) in [6.45, 7) is 3.69. The van der Waals surface area contributed by atoms with E-state index in [1.807, 2.05) is 31.2 Å². The normalized spacial score (nSPS) is 17.8. The average molecular weight is 287 g/mol. The zero-order chi connectivity index (χ0) is 14.9. The molecule has 0 spiro atoms. The largest absolute Gasteiger partial charge is 0.399 e. The molecule has 0 unspecified atom stereocenters. The number of nitrogens with two attached hydrogens (primary N) is 1. The SMILES string of the molecule is Cc1cc(NCC2(O)CCOCC2)c2cc(N)ccc2n1. The van der Waals surface area contributed by atoms with Gasteiger partial charge in [0.2, 0.25) is 0 Å². The summed E-state index contributed by atoms with van der Waals surface area (Å²) in [7, 11) is 0. The van der Waals surface area contributed by atoms with Gasteiger partial charge >= 0.3 is 0 Å². The number of nitrogens with one attached hydrogen (secondary N) is 1. The molecule has 1 saturated heterocycles. The Morgan fingerprint density at radius 1 is 1.33 bits per heavy atom. The molecule has 1 aromatic carbocycles. The quantitative estimate of drug-likeness (QED) is 0.753. The van der Waals surface area contributed by atoms with Gasteiger partial charge in [-0.15, -0.1) is 0 Å². The summed E-state index contributed by atoms with van der Waals surface area (Å²) in [5.74, 6) is 0. The number of nitrogens with zero attached hydrogens (tertiary/aromatic N) is 1. The van der Waals surface area contributed by atoms with Crippen molar-refractivity contribution in [3.8, 4) is 0 Å². The molecule has 0 atom stereocenters. The molecule has 112 valence electrons. The third-order valence-corrected chi connectivity index (χ3v) is 3.99. The molecule has 4 N–H and O–H groups in total. The van der Waals surface area contributed by atoms with Gasteiger partial charge in [0, 0.05) is 55.1 Å². The molecule has 0 bridgehead atoms. The number of aromatic nitrogens is 1. The van der Waals surface area contributed by atoms with Crippen LogP contribution in [0.15, 0.2) is 24.3 Å². The predicted molar refractivity (Wildman–Crippen MR) is 84.4 cm³/mol. The van der Waals surface area contributed by atoms with Crippen LogP contribution >= 0.6 is 0 Å². The molecule has 1 aliphatic rings. The van der Waals surface area contributed by atoms with Crippen molar-refractivity contribution in [2.24, 2.45) is 0 Å². The molecule has 0 radical (unpaired) electrons. The number of anilines is 2. The molecule has 0 saturated carbocycles. The molecule has 5 nitrogen and oxygen atoms in total. The Morgan fingerprint density at radius 3 is 2.86 bits per heavy atom. The average Bonchev–Trinajstić information content (AvgIpc) is 2.46. The molecular weight excluding hydrogens is 266 g/mol. The number of hydrogen-bond donors (Lipinski definition) is 3. The molecule has 1 aliphatic heterocycles. The first kappa shape index (κ1) is 14.1. The van der Waals surface area contributed by atoms with Gasteiger partial charge in [-0.05, 0) is 31.2 Å². The summed E-state index contributed by atoms with van der Waals surface area (Å²) >= 11 is 0. The van der Waals surface area contributed by atoms with E-state index < -0.39 is 5.60 Å². The number of aliphatic hydroxyl groups is 1. The highest BCUT2D eigenvalue weighted by atomic mass is 16.5. The van der Waals surface area contributed by atoms with Crippen LogP contribution in [0, 0.1) is 6.92 Å². The standard InChI is InChI=1S/C16H21N3O2/c1-11-8-15(13-9-12(17)2-3-14(13)19-11)18-10-16(20)4-6-21-7-5-16/h2-3,8-9,20H,4-7,10,17H2,1H3,(H,18,19). The van der Waals surface area contributed by atoms with E-state index in [0.29, 0.717) is 38.3 Å². The van der Waals surface area contributed by atoms with Crippen LogP contribution in [0.25, 0.3) is 10.9 Å². The minimum Gasteiger partial charge on any atom is -0.399 e. The number of fused-ring (bicyclic) bond motifs is 1. The summed E-state index contributed by atoms with van der Waals surface area (Å²) in [5, 5.41) is 14.9. The van der Waals surface area contributed by atoms with Crippen molar-refractivity contribution in [3.63, 3.8) is 0 Å². The third-order valence-electron chi connectivity index (χ3n) is 3.99. The molecule has 3 rings (SSSR count). The number of aryl methyl sites for hydroxylation is 1. The van der Waals surface area contributed by atoms with E-state index in [2.05, 4.69) is 10.3 Å². The lowest BCUT2D eigenvalue weighted by Crippen LogP contribution is -2.42. The number of nitrogen functional groups attached to an aromatic ring is 1. The van der Waals surface area contributed by atoms with E-state index in [9.17, 15) is 5.11 Å². The first-order chi connectivity index (χ1) is 10.1. The van der Waals surface area contributed by atoms with Crippen molar-refractivity contribution in [1.29, 1.82) is 0 Å². The Balaban J connectivity index is 1.87. The molecule has 1 aromatic heterocycles. The Morgan fingerprint density at radius 2 is 2.10 bits per heavy atom. The summed E-state index contributed by atoms with van der Waals surface area (Å²) in [4.78, 5) is 4.51. The van der Waals surface area contributed by atoms with Gasteiger partial charge in [-0.25, -0.2) is 0 Å². The van der Waals surface area contributed by atoms with Crippen LogP contribution in [0.1, 0.15) is 18.5 Å². The van der Waals surface area contributed by atoms with Crippen LogP contribution in [0.4, 0.5) is 11.4 Å². The second-order valence-corrected chi connectivity index (χ2v) is 5.78. The monoisotopic (exact) mass is 287 g/mol. The number of hydrogen-bond acceptors (Lipinski definition) is 5. The molecule has 0 aliphatic carbocycles. The molecule has 2 aromatic rings. The van der Waals surface area contributed by atoms with Crippen LogP contribution in [-0.4, -0.2) is 35.5 Å². The molecule has 2 heterocycles. The van der Waals surface area contributed by atoms with Crippen LogP contribution < -0.4 is 11.1 Å². The van der Waals surface area contributed by atoms with Gasteiger partial charge in [0.1, 0.15) is 0 Å². The molecule has 0 amide bonds. The Hall–Kier alpha value is -1.85. The fourth-order valence-electron chi connectivity index (χ4n) is 2.71. The Labute approximate surface area is 124 Å². The van der Waals surface area contributed by atoms with E-state index >= 15 is 0 Å². The van der Waals surface area contributed by atoms with Gasteiger partial charge in [0.05, 0.1) is 11.1 Å².